The van der Waals surface area contributed by atoms with Crippen molar-refractivity contribution in [3.63, 3.8) is 0 Å². The molecular weight excluding hydrogens is 1070 g/mol. The van der Waals surface area contributed by atoms with Gasteiger partial charge in [-0.25, -0.2) is 4.39 Å². The summed E-state index contributed by atoms with van der Waals surface area (Å²) >= 11 is 0. The number of pyridine rings is 3. The van der Waals surface area contributed by atoms with Crippen molar-refractivity contribution in [2.75, 3.05) is 0 Å². The fraction of sp³-hybridized carbons (Fsp3) is 0.239. The normalized spacial score (nSPS) is 14.8. The summed E-state index contributed by atoms with van der Waals surface area (Å²) in [5.74, 6) is -0.969. The maximum absolute atomic E-state index is 16.5. The molecule has 366 valence electrons. The van der Waals surface area contributed by atoms with Crippen LogP contribution in [0.1, 0.15) is 107 Å². The fourth-order valence-electron chi connectivity index (χ4n) is 9.47. The maximum Gasteiger partial charge on any atom is 3.00 e. The quantitative estimate of drug-likeness (QED) is 0.102. The van der Waals surface area contributed by atoms with Crippen LogP contribution in [0.5, 0.6) is 0 Å². The van der Waals surface area contributed by atoms with Crippen LogP contribution >= 0.6 is 0 Å². The first-order valence-corrected chi connectivity index (χ1v) is 24.2. The SMILES string of the molecule is [2H]c1c(C([2H])([2H])C(C)(C)C)cc2oc3c(-c4cc(-c5ccccc5C([2H])([2H])[2H])c(C([2H])([2H])C([2H])([2H])c5cc(CC(C)(C)c6ccc(-c7[c-]cccc7)nc6)cc(CC(C)(C)c6ccc(-c7[c-]cccc7)nc6)c5)cn4)[c-]ccc3c2c1F.[Ir+3]. The zero-order valence-electron chi connectivity index (χ0n) is 51.9. The number of benzene rings is 6. The smallest absolute Gasteiger partial charge is 0.500 e. The Labute approximate surface area is 458 Å². The molecule has 6 aromatic carbocycles. The second kappa shape index (κ2) is 20.9. The van der Waals surface area contributed by atoms with Gasteiger partial charge in [0.1, 0.15) is 11.4 Å². The van der Waals surface area contributed by atoms with Crippen LogP contribution in [0.2, 0.25) is 0 Å². The Balaban J connectivity index is 0.00000828. The van der Waals surface area contributed by atoms with E-state index in [1.807, 2.05) is 85.2 Å². The molecule has 0 aliphatic heterocycles. The molecule has 0 atom stereocenters. The van der Waals surface area contributed by atoms with Crippen molar-refractivity contribution >= 4 is 21.9 Å². The summed E-state index contributed by atoms with van der Waals surface area (Å²) in [7, 11) is 0. The van der Waals surface area contributed by atoms with Crippen molar-refractivity contribution in [3.8, 4) is 44.9 Å². The number of rotatable bonds is 14. The maximum atomic E-state index is 16.5. The number of nitrogens with zero attached hydrogens (tertiary/aromatic N) is 3. The minimum absolute atomic E-state index is 0. The van der Waals surface area contributed by atoms with Gasteiger partial charge in [0.05, 0.1) is 6.95 Å². The van der Waals surface area contributed by atoms with Crippen molar-refractivity contribution < 1.29 is 42.6 Å². The number of hydrogen-bond donors (Lipinski definition) is 0. The van der Waals surface area contributed by atoms with Gasteiger partial charge >= 0.3 is 20.1 Å². The summed E-state index contributed by atoms with van der Waals surface area (Å²) in [5.41, 5.74) is 4.67. The van der Waals surface area contributed by atoms with Crippen LogP contribution in [0, 0.1) is 36.3 Å². The summed E-state index contributed by atoms with van der Waals surface area (Å²) in [5, 5.41) is 0.207. The molecular formula is C67H61FIrN3O. The van der Waals surface area contributed by atoms with E-state index >= 15 is 4.39 Å². The van der Waals surface area contributed by atoms with Gasteiger partial charge in [-0.1, -0.05) is 132 Å². The third kappa shape index (κ3) is 11.4. The van der Waals surface area contributed by atoms with Crippen molar-refractivity contribution in [1.82, 2.24) is 15.0 Å². The topological polar surface area (TPSA) is 51.8 Å². The van der Waals surface area contributed by atoms with Crippen LogP contribution in [-0.4, -0.2) is 15.0 Å². The Bertz CT molecular complexity index is 3890. The van der Waals surface area contributed by atoms with Crippen molar-refractivity contribution in [2.24, 2.45) is 5.41 Å². The summed E-state index contributed by atoms with van der Waals surface area (Å²) in [6, 6.07) is 49.9. The van der Waals surface area contributed by atoms with Crippen LogP contribution < -0.4 is 0 Å². The molecule has 73 heavy (non-hydrogen) atoms. The second-order valence-corrected chi connectivity index (χ2v) is 20.8. The van der Waals surface area contributed by atoms with Gasteiger partial charge in [-0.15, -0.1) is 90.0 Å². The van der Waals surface area contributed by atoms with Gasteiger partial charge in [-0.05, 0) is 140 Å². The molecule has 0 saturated carbocycles. The van der Waals surface area contributed by atoms with Crippen LogP contribution in [0.25, 0.3) is 66.8 Å². The third-order valence-corrected chi connectivity index (χ3v) is 13.0. The zero-order chi connectivity index (χ0) is 59.0. The van der Waals surface area contributed by atoms with Crippen LogP contribution in [0.4, 0.5) is 4.39 Å². The first-order chi connectivity index (χ1) is 38.5. The minimum atomic E-state index is -2.91. The van der Waals surface area contributed by atoms with E-state index in [4.69, 9.17) is 27.6 Å². The Morgan fingerprint density at radius 3 is 1.78 bits per heavy atom. The Morgan fingerprint density at radius 2 is 1.21 bits per heavy atom. The standard InChI is InChI=1S/C67H61FN3O.Ir/c1-44-18-15-16-23-54(44)57-37-61(55-24-17-25-56-63-58(68)35-48(38-65(2,3)4)36-62(63)72-64(55)56)69-41-51(57)27-26-45-32-46(39-66(5,6)52-28-30-59(70-42-52)49-19-11-9-12-20-49)34-47(33-45)40-67(7,8)53-29-31-60(71-43-53)50-21-13-10-14-22-50;/h9-19,21,23,25,28-37,41-43H,26-27,38-40H2,1-8H3;/q-3;+3/i1D3,26D2,27D2,35D,38D2;. The molecule has 10 aromatic rings. The fourth-order valence-corrected chi connectivity index (χ4v) is 9.47. The summed E-state index contributed by atoms with van der Waals surface area (Å²) < 4.78 is 116. The van der Waals surface area contributed by atoms with E-state index in [0.717, 1.165) is 44.8 Å². The number of aryl methyl sites for hydroxylation is 3. The number of hydrogen-bond acceptors (Lipinski definition) is 4. The summed E-state index contributed by atoms with van der Waals surface area (Å²) in [6.07, 6.45) is -2.09. The van der Waals surface area contributed by atoms with E-state index in [0.29, 0.717) is 12.8 Å². The molecule has 0 saturated heterocycles. The van der Waals surface area contributed by atoms with Gasteiger partial charge in [-0.3, -0.25) is 0 Å². The summed E-state index contributed by atoms with van der Waals surface area (Å²) in [4.78, 5) is 14.4. The van der Waals surface area contributed by atoms with Gasteiger partial charge in [0.2, 0.25) is 0 Å². The van der Waals surface area contributed by atoms with Gasteiger partial charge < -0.3 is 19.4 Å². The Hall–Kier alpha value is -6.85. The predicted octanol–water partition coefficient (Wildman–Crippen LogP) is 16.7. The molecule has 4 aromatic heterocycles. The molecule has 6 heteroatoms. The average Bonchev–Trinajstić information content (AvgIpc) is 3.75. The van der Waals surface area contributed by atoms with Gasteiger partial charge in [0.25, 0.3) is 0 Å². The Morgan fingerprint density at radius 1 is 0.603 bits per heavy atom. The van der Waals surface area contributed by atoms with E-state index in [-0.39, 0.29) is 86.7 Å². The minimum Gasteiger partial charge on any atom is -0.500 e. The second-order valence-electron chi connectivity index (χ2n) is 20.8. The molecule has 4 heterocycles. The van der Waals surface area contributed by atoms with Crippen LogP contribution in [0.3, 0.4) is 0 Å². The van der Waals surface area contributed by atoms with E-state index in [1.165, 1.54) is 30.5 Å². The molecule has 0 amide bonds. The van der Waals surface area contributed by atoms with Crippen molar-refractivity contribution in [3.05, 3.63) is 233 Å². The van der Waals surface area contributed by atoms with Gasteiger partial charge in [0.15, 0.2) is 0 Å². The molecule has 0 fully saturated rings. The largest absolute Gasteiger partial charge is 3.00 e. The molecule has 0 bridgehead atoms. The molecule has 0 N–H and O–H groups in total. The predicted molar refractivity (Wildman–Crippen MR) is 293 cm³/mol. The Kier molecular flexibility index (Phi) is 11.4. The molecule has 0 unspecified atom stereocenters. The third-order valence-electron chi connectivity index (χ3n) is 13.0. The first-order valence-electron chi connectivity index (χ1n) is 29.2. The number of aromatic nitrogens is 3. The van der Waals surface area contributed by atoms with E-state index in [2.05, 4.69) is 52.0 Å². The molecule has 4 nitrogen and oxygen atoms in total. The monoisotopic (exact) mass is 1150 g/mol. The first kappa shape index (κ1) is 39.7. The van der Waals surface area contributed by atoms with Crippen molar-refractivity contribution in [2.45, 2.75) is 98.1 Å². The number of furan rings is 1. The molecule has 10 rings (SSSR count). The van der Waals surface area contributed by atoms with Crippen LogP contribution in [-0.2, 0) is 62.9 Å². The molecule has 0 aliphatic carbocycles. The molecule has 0 radical (unpaired) electrons. The zero-order valence-corrected chi connectivity index (χ0v) is 44.3. The van der Waals surface area contributed by atoms with Gasteiger partial charge in [0, 0.05) is 36.3 Å². The number of halogens is 1. The number of fused-ring (bicyclic) bond motifs is 3. The van der Waals surface area contributed by atoms with Gasteiger partial charge in [-0.2, -0.15) is 0 Å². The van der Waals surface area contributed by atoms with E-state index in [9.17, 15) is 5.48 Å². The van der Waals surface area contributed by atoms with Crippen molar-refractivity contribution in [1.29, 1.82) is 0 Å². The van der Waals surface area contributed by atoms with Crippen LogP contribution in [0.15, 0.2) is 169 Å². The summed E-state index contributed by atoms with van der Waals surface area (Å²) in [6.45, 7) is 10.7. The molecule has 0 aliphatic rings. The van der Waals surface area contributed by atoms with E-state index < -0.39 is 54.1 Å². The average molecular weight is 1150 g/mol. The molecule has 0 spiro atoms. The van der Waals surface area contributed by atoms with E-state index in [1.54, 1.807) is 57.2 Å².